The van der Waals surface area contributed by atoms with Gasteiger partial charge in [-0.1, -0.05) is 30.3 Å². The van der Waals surface area contributed by atoms with Crippen molar-refractivity contribution in [3.8, 4) is 0 Å². The van der Waals surface area contributed by atoms with Crippen molar-refractivity contribution in [2.75, 3.05) is 11.9 Å². The largest absolute Gasteiger partial charge is 0.466 e. The molecule has 6 heteroatoms. The number of nitrogens with one attached hydrogen (secondary N) is 2. The molecule has 0 spiro atoms. The lowest BCUT2D eigenvalue weighted by atomic mass is 10.1. The highest BCUT2D eigenvalue weighted by molar-refractivity contribution is 5.96. The zero-order valence-electron chi connectivity index (χ0n) is 15.5. The van der Waals surface area contributed by atoms with Gasteiger partial charge in [0.1, 0.15) is 0 Å². The van der Waals surface area contributed by atoms with E-state index < -0.39 is 5.97 Å². The van der Waals surface area contributed by atoms with Crippen LogP contribution < -0.4 is 10.6 Å². The second kappa shape index (κ2) is 10.1. The minimum Gasteiger partial charge on any atom is -0.466 e. The quantitative estimate of drug-likeness (QED) is 0.699. The molecule has 27 heavy (non-hydrogen) atoms. The standard InChI is InChI=1S/C21H24N2O4/c1-3-27-20(25)14-13-19(24)23-18-11-9-17(10-12-18)21(26)22-15(2)16-7-5-4-6-8-16/h4-12,15H,3,13-14H2,1-2H3,(H,22,26)(H,23,24). The first-order valence-electron chi connectivity index (χ1n) is 8.91. The molecule has 0 aliphatic heterocycles. The molecule has 0 aliphatic rings. The zero-order chi connectivity index (χ0) is 19.6. The van der Waals surface area contributed by atoms with E-state index in [-0.39, 0.29) is 30.7 Å². The highest BCUT2D eigenvalue weighted by Crippen LogP contribution is 2.14. The fourth-order valence-corrected chi connectivity index (χ4v) is 2.48. The number of carbonyl (C=O) groups is 3. The van der Waals surface area contributed by atoms with Crippen molar-refractivity contribution in [1.82, 2.24) is 5.32 Å². The van der Waals surface area contributed by atoms with Crippen LogP contribution in [0.5, 0.6) is 0 Å². The number of hydrogen-bond acceptors (Lipinski definition) is 4. The van der Waals surface area contributed by atoms with Gasteiger partial charge in [-0.25, -0.2) is 0 Å². The van der Waals surface area contributed by atoms with Crippen LogP contribution >= 0.6 is 0 Å². The number of amides is 2. The van der Waals surface area contributed by atoms with E-state index >= 15 is 0 Å². The van der Waals surface area contributed by atoms with Crippen LogP contribution in [0.4, 0.5) is 5.69 Å². The van der Waals surface area contributed by atoms with Crippen LogP contribution in [0.3, 0.4) is 0 Å². The van der Waals surface area contributed by atoms with E-state index in [4.69, 9.17) is 4.74 Å². The van der Waals surface area contributed by atoms with Gasteiger partial charge in [-0.3, -0.25) is 14.4 Å². The SMILES string of the molecule is CCOC(=O)CCC(=O)Nc1ccc(C(=O)NC(C)c2ccccc2)cc1. The van der Waals surface area contributed by atoms with E-state index in [1.54, 1.807) is 31.2 Å². The van der Waals surface area contributed by atoms with Gasteiger partial charge in [-0.05, 0) is 43.7 Å². The molecule has 0 aromatic heterocycles. The molecule has 6 nitrogen and oxygen atoms in total. The monoisotopic (exact) mass is 368 g/mol. The fraction of sp³-hybridized carbons (Fsp3) is 0.286. The highest BCUT2D eigenvalue weighted by atomic mass is 16.5. The summed E-state index contributed by atoms with van der Waals surface area (Å²) in [6, 6.07) is 16.2. The third kappa shape index (κ3) is 6.58. The number of hydrogen-bond donors (Lipinski definition) is 2. The summed E-state index contributed by atoms with van der Waals surface area (Å²) in [5.74, 6) is -0.864. The molecule has 2 aromatic rings. The molecule has 2 aromatic carbocycles. The Bertz CT molecular complexity index is 773. The summed E-state index contributed by atoms with van der Waals surface area (Å²) in [4.78, 5) is 35.5. The van der Waals surface area contributed by atoms with E-state index in [1.807, 2.05) is 37.3 Å². The molecule has 0 saturated carbocycles. The van der Waals surface area contributed by atoms with Gasteiger partial charge in [-0.2, -0.15) is 0 Å². The van der Waals surface area contributed by atoms with Crippen LogP contribution in [0.1, 0.15) is 48.7 Å². The lowest BCUT2D eigenvalue weighted by molar-refractivity contribution is -0.144. The third-order valence-electron chi connectivity index (χ3n) is 3.94. The van der Waals surface area contributed by atoms with Gasteiger partial charge in [0.15, 0.2) is 0 Å². The topological polar surface area (TPSA) is 84.5 Å². The Kier molecular flexibility index (Phi) is 7.55. The van der Waals surface area contributed by atoms with E-state index in [1.165, 1.54) is 0 Å². The lowest BCUT2D eigenvalue weighted by Gasteiger charge is -2.14. The van der Waals surface area contributed by atoms with Crippen molar-refractivity contribution >= 4 is 23.5 Å². The Morgan fingerprint density at radius 1 is 0.963 bits per heavy atom. The summed E-state index contributed by atoms with van der Waals surface area (Å²) in [7, 11) is 0. The van der Waals surface area contributed by atoms with Gasteiger partial charge >= 0.3 is 5.97 Å². The second-order valence-corrected chi connectivity index (χ2v) is 6.04. The van der Waals surface area contributed by atoms with E-state index in [0.717, 1.165) is 5.56 Å². The van der Waals surface area contributed by atoms with Gasteiger partial charge in [-0.15, -0.1) is 0 Å². The van der Waals surface area contributed by atoms with Crippen LogP contribution in [-0.4, -0.2) is 24.4 Å². The summed E-state index contributed by atoms with van der Waals surface area (Å²) in [6.45, 7) is 3.94. The fourth-order valence-electron chi connectivity index (χ4n) is 2.48. The van der Waals surface area contributed by atoms with Crippen molar-refractivity contribution in [3.05, 3.63) is 65.7 Å². The van der Waals surface area contributed by atoms with E-state index in [2.05, 4.69) is 10.6 Å². The minimum atomic E-state index is -0.396. The number of ether oxygens (including phenoxy) is 1. The molecule has 0 bridgehead atoms. The van der Waals surface area contributed by atoms with Gasteiger partial charge < -0.3 is 15.4 Å². The van der Waals surface area contributed by atoms with Crippen molar-refractivity contribution in [2.45, 2.75) is 32.7 Å². The van der Waals surface area contributed by atoms with E-state index in [9.17, 15) is 14.4 Å². The molecule has 0 aliphatic carbocycles. The first kappa shape index (κ1) is 20.2. The van der Waals surface area contributed by atoms with Crippen LogP contribution in [0.15, 0.2) is 54.6 Å². The van der Waals surface area contributed by atoms with Crippen molar-refractivity contribution in [2.24, 2.45) is 0 Å². The van der Waals surface area contributed by atoms with Crippen molar-refractivity contribution < 1.29 is 19.1 Å². The Balaban J connectivity index is 1.86. The molecule has 1 atom stereocenters. The summed E-state index contributed by atoms with van der Waals surface area (Å²) in [6.07, 6.45) is 0.0905. The van der Waals surface area contributed by atoms with Crippen LogP contribution in [0.2, 0.25) is 0 Å². The number of rotatable bonds is 8. The summed E-state index contributed by atoms with van der Waals surface area (Å²) >= 11 is 0. The number of benzene rings is 2. The first-order chi connectivity index (χ1) is 13.0. The smallest absolute Gasteiger partial charge is 0.306 e. The average molecular weight is 368 g/mol. The predicted octanol–water partition coefficient (Wildman–Crippen LogP) is 3.46. The Hall–Kier alpha value is -3.15. The third-order valence-corrected chi connectivity index (χ3v) is 3.94. The molecule has 0 saturated heterocycles. The molecule has 0 radical (unpaired) electrons. The maximum absolute atomic E-state index is 12.4. The molecule has 142 valence electrons. The molecule has 0 fully saturated rings. The van der Waals surface area contributed by atoms with Crippen LogP contribution in [0.25, 0.3) is 0 Å². The molecule has 1 unspecified atom stereocenters. The van der Waals surface area contributed by atoms with Gasteiger partial charge in [0.2, 0.25) is 5.91 Å². The minimum absolute atomic E-state index is 0.0392. The second-order valence-electron chi connectivity index (χ2n) is 6.04. The van der Waals surface area contributed by atoms with E-state index in [0.29, 0.717) is 17.9 Å². The molecule has 2 rings (SSSR count). The van der Waals surface area contributed by atoms with Crippen molar-refractivity contribution in [1.29, 1.82) is 0 Å². The lowest BCUT2D eigenvalue weighted by Crippen LogP contribution is -2.26. The Morgan fingerprint density at radius 3 is 2.26 bits per heavy atom. The van der Waals surface area contributed by atoms with Gasteiger partial charge in [0, 0.05) is 17.7 Å². The molecular formula is C21H24N2O4. The first-order valence-corrected chi connectivity index (χ1v) is 8.91. The molecule has 2 N–H and O–H groups in total. The van der Waals surface area contributed by atoms with Crippen LogP contribution in [0, 0.1) is 0 Å². The predicted molar refractivity (Wildman–Crippen MR) is 103 cm³/mol. The summed E-state index contributed by atoms with van der Waals surface area (Å²) < 4.78 is 4.78. The Labute approximate surface area is 158 Å². The molecule has 0 heterocycles. The summed E-state index contributed by atoms with van der Waals surface area (Å²) in [5.41, 5.74) is 2.09. The average Bonchev–Trinajstić information content (AvgIpc) is 2.68. The van der Waals surface area contributed by atoms with Gasteiger partial charge in [0.05, 0.1) is 19.1 Å². The Morgan fingerprint density at radius 2 is 1.63 bits per heavy atom. The number of esters is 1. The van der Waals surface area contributed by atoms with Gasteiger partial charge in [0.25, 0.3) is 5.91 Å². The maximum Gasteiger partial charge on any atom is 0.306 e. The number of anilines is 1. The molecule has 2 amide bonds. The van der Waals surface area contributed by atoms with Crippen LogP contribution in [-0.2, 0) is 14.3 Å². The molecular weight excluding hydrogens is 344 g/mol. The number of carbonyl (C=O) groups excluding carboxylic acids is 3. The zero-order valence-corrected chi connectivity index (χ0v) is 15.5. The normalized spacial score (nSPS) is 11.3. The van der Waals surface area contributed by atoms with Crippen molar-refractivity contribution in [3.63, 3.8) is 0 Å². The highest BCUT2D eigenvalue weighted by Gasteiger charge is 2.12. The summed E-state index contributed by atoms with van der Waals surface area (Å²) in [5, 5.41) is 5.63. The maximum atomic E-state index is 12.4.